The van der Waals surface area contributed by atoms with E-state index in [0.29, 0.717) is 12.5 Å². The Labute approximate surface area is 118 Å². The molecule has 0 aromatic carbocycles. The van der Waals surface area contributed by atoms with Gasteiger partial charge in [-0.15, -0.1) is 0 Å². The minimum absolute atomic E-state index is 0.347. The Balaban J connectivity index is 0. The minimum atomic E-state index is -5.17. The van der Waals surface area contributed by atoms with Gasteiger partial charge >= 0.3 is 0 Å². The molecular weight excluding hydrogens is 268 g/mol. The normalized spacial score (nSPS) is 14.4. The lowest BCUT2D eigenvalue weighted by Crippen LogP contribution is -2.06. The summed E-state index contributed by atoms with van der Waals surface area (Å²) in [6, 6.07) is 0. The van der Waals surface area contributed by atoms with Gasteiger partial charge in [0.25, 0.3) is 0 Å². The van der Waals surface area contributed by atoms with Crippen molar-refractivity contribution in [1.82, 2.24) is 0 Å². The molecule has 0 aromatic heterocycles. The summed E-state index contributed by atoms with van der Waals surface area (Å²) < 4.78 is 34.1. The van der Waals surface area contributed by atoms with Crippen LogP contribution in [0, 0.1) is 11.8 Å². The van der Waals surface area contributed by atoms with Crippen LogP contribution >= 0.6 is 0 Å². The molecule has 0 aliphatic carbocycles. The van der Waals surface area contributed by atoms with Crippen LogP contribution in [0.5, 0.6) is 0 Å². The van der Waals surface area contributed by atoms with Crippen LogP contribution in [0.25, 0.3) is 0 Å². The van der Waals surface area contributed by atoms with E-state index in [1.807, 2.05) is 0 Å². The first-order chi connectivity index (χ1) is 8.70. The van der Waals surface area contributed by atoms with E-state index in [9.17, 15) is 0 Å². The van der Waals surface area contributed by atoms with E-state index in [0.717, 1.165) is 5.92 Å². The van der Waals surface area contributed by atoms with Crippen molar-refractivity contribution in [3.8, 4) is 0 Å². The lowest BCUT2D eigenvalue weighted by Gasteiger charge is -2.14. The predicted molar refractivity (Wildman–Crippen MR) is 73.9 cm³/mol. The fourth-order valence-electron chi connectivity index (χ4n) is 1.98. The van der Waals surface area contributed by atoms with Crippen LogP contribution in [0.15, 0.2) is 0 Å². The Morgan fingerprint density at radius 3 is 1.89 bits per heavy atom. The number of unbranched alkanes of at least 4 members (excludes halogenated alkanes) is 4. The molecule has 0 fully saturated rings. The number of aliphatic hydroxyl groups is 1. The number of hydrogen-bond donors (Lipinski definition) is 1. The Bertz CT molecular complexity index is 269. The Hall–Kier alpha value is -0.170. The fraction of sp³-hybridized carbons (Fsp3) is 1.00. The van der Waals surface area contributed by atoms with Gasteiger partial charge in [-0.25, -0.2) is 0 Å². The van der Waals surface area contributed by atoms with Crippen molar-refractivity contribution in [2.75, 3.05) is 6.61 Å². The maximum atomic E-state index is 8.93. The zero-order valence-corrected chi connectivity index (χ0v) is 13.1. The van der Waals surface area contributed by atoms with Gasteiger partial charge in [0.2, 0.25) is 0 Å². The van der Waals surface area contributed by atoms with Crippen molar-refractivity contribution in [1.29, 1.82) is 0 Å². The molecule has 0 amide bonds. The lowest BCUT2D eigenvalue weighted by atomic mass is 9.93. The molecule has 6 heteroatoms. The van der Waals surface area contributed by atoms with Gasteiger partial charge in [0.1, 0.15) is 0 Å². The first-order valence-corrected chi connectivity index (χ1v) is 8.31. The lowest BCUT2D eigenvalue weighted by molar-refractivity contribution is 0.212. The van der Waals surface area contributed by atoms with Gasteiger partial charge in [0.05, 0.1) is 0 Å². The molecule has 0 heterocycles. The maximum Gasteiger partial charge on any atom is 0.0456 e. The number of rotatable bonds is 9. The predicted octanol–water partition coefficient (Wildman–Crippen LogP) is 2.66. The van der Waals surface area contributed by atoms with Crippen molar-refractivity contribution in [3.63, 3.8) is 0 Å². The summed E-state index contributed by atoms with van der Waals surface area (Å²) in [5.41, 5.74) is 0. The molecule has 5 nitrogen and oxygen atoms in total. The Morgan fingerprint density at radius 1 is 1.00 bits per heavy atom. The quantitative estimate of drug-likeness (QED) is 0.400. The monoisotopic (exact) mass is 296 g/mol. The largest absolute Gasteiger partial charge is 0.759 e. The van der Waals surface area contributed by atoms with Gasteiger partial charge in [-0.1, -0.05) is 59.3 Å². The first kappa shape index (κ1) is 21.1. The van der Waals surface area contributed by atoms with E-state index >= 15 is 0 Å². The van der Waals surface area contributed by atoms with Gasteiger partial charge in [0, 0.05) is 17.0 Å². The molecule has 0 saturated carbocycles. The van der Waals surface area contributed by atoms with Crippen LogP contribution in [-0.2, 0) is 10.4 Å². The minimum Gasteiger partial charge on any atom is -0.759 e. The van der Waals surface area contributed by atoms with Crippen LogP contribution in [0.2, 0.25) is 0 Å². The molecule has 0 aliphatic rings. The molecule has 0 spiro atoms. The van der Waals surface area contributed by atoms with Gasteiger partial charge < -0.3 is 14.2 Å². The third-order valence-electron chi connectivity index (χ3n) is 2.92. The molecule has 0 radical (unpaired) electrons. The van der Waals surface area contributed by atoms with E-state index < -0.39 is 10.4 Å². The molecule has 118 valence electrons. The van der Waals surface area contributed by atoms with E-state index in [2.05, 4.69) is 20.8 Å². The molecule has 0 aliphatic heterocycles. The summed E-state index contributed by atoms with van der Waals surface area (Å²) in [6.45, 7) is 7.05. The summed E-state index contributed by atoms with van der Waals surface area (Å²) >= 11 is 0. The summed E-state index contributed by atoms with van der Waals surface area (Å²) in [5.74, 6) is 1.28. The van der Waals surface area contributed by atoms with Crippen molar-refractivity contribution in [2.45, 2.75) is 65.7 Å². The molecule has 0 rings (SSSR count). The maximum absolute atomic E-state index is 8.93. The zero-order valence-electron chi connectivity index (χ0n) is 12.3. The Kier molecular flexibility index (Phi) is 14.3. The molecular formula is C13H28O5S-2. The topological polar surface area (TPSA) is 100 Å². The van der Waals surface area contributed by atoms with E-state index in [-0.39, 0.29) is 0 Å². The molecule has 1 N–H and O–H groups in total. The van der Waals surface area contributed by atoms with Crippen molar-refractivity contribution in [3.05, 3.63) is 0 Å². The third kappa shape index (κ3) is 27.1. The average molecular weight is 296 g/mol. The van der Waals surface area contributed by atoms with Crippen molar-refractivity contribution >= 4 is 10.4 Å². The highest BCUT2D eigenvalue weighted by atomic mass is 32.3. The standard InChI is InChI=1S/C13H28O.H2O4S/c1-4-5-6-7-8-9-12(2)10-13(3)11-14;1-5(2,3)4/h12-14H,4-11H2,1-3H3;(H2,1,2,3,4)/p-2. The van der Waals surface area contributed by atoms with Gasteiger partial charge in [-0.05, 0) is 18.3 Å². The van der Waals surface area contributed by atoms with E-state index in [1.54, 1.807) is 0 Å². The second-order valence-corrected chi connectivity index (χ2v) is 6.06. The van der Waals surface area contributed by atoms with E-state index in [4.69, 9.17) is 22.6 Å². The summed E-state index contributed by atoms with van der Waals surface area (Å²) in [4.78, 5) is 0. The third-order valence-corrected chi connectivity index (χ3v) is 2.92. The molecule has 2 atom stereocenters. The summed E-state index contributed by atoms with van der Waals surface area (Å²) in [7, 11) is -5.17. The highest BCUT2D eigenvalue weighted by molar-refractivity contribution is 7.79. The molecule has 0 saturated heterocycles. The van der Waals surface area contributed by atoms with Crippen LogP contribution in [0.1, 0.15) is 65.7 Å². The zero-order chi connectivity index (χ0) is 15.3. The molecule has 19 heavy (non-hydrogen) atoms. The molecule has 0 bridgehead atoms. The highest BCUT2D eigenvalue weighted by Crippen LogP contribution is 2.18. The van der Waals surface area contributed by atoms with Crippen LogP contribution < -0.4 is 0 Å². The summed E-state index contributed by atoms with van der Waals surface area (Å²) in [6.07, 6.45) is 9.42. The van der Waals surface area contributed by atoms with Gasteiger partial charge in [-0.2, -0.15) is 0 Å². The SMILES string of the molecule is CCCCCCCC(C)CC(C)CO.O=S(=O)([O-])[O-]. The summed E-state index contributed by atoms with van der Waals surface area (Å²) in [5, 5.41) is 8.93. The van der Waals surface area contributed by atoms with Crippen LogP contribution in [0.4, 0.5) is 0 Å². The van der Waals surface area contributed by atoms with Crippen molar-refractivity contribution in [2.24, 2.45) is 11.8 Å². The van der Waals surface area contributed by atoms with Crippen LogP contribution in [0.3, 0.4) is 0 Å². The molecule has 2 unspecified atom stereocenters. The average Bonchev–Trinajstić information content (AvgIpc) is 2.26. The number of aliphatic hydroxyl groups excluding tert-OH is 1. The Morgan fingerprint density at radius 2 is 1.47 bits per heavy atom. The number of hydrogen-bond acceptors (Lipinski definition) is 5. The van der Waals surface area contributed by atoms with Crippen molar-refractivity contribution < 1.29 is 22.6 Å². The molecule has 0 aromatic rings. The first-order valence-electron chi connectivity index (χ1n) is 6.98. The second kappa shape index (κ2) is 12.8. The van der Waals surface area contributed by atoms with E-state index in [1.165, 1.54) is 44.9 Å². The van der Waals surface area contributed by atoms with Gasteiger partial charge in [0.15, 0.2) is 0 Å². The van der Waals surface area contributed by atoms with Crippen LogP contribution in [-0.4, -0.2) is 29.2 Å². The highest BCUT2D eigenvalue weighted by Gasteiger charge is 2.07. The second-order valence-electron chi connectivity index (χ2n) is 5.24. The smallest absolute Gasteiger partial charge is 0.0456 e. The fourth-order valence-corrected chi connectivity index (χ4v) is 1.98. The van der Waals surface area contributed by atoms with Gasteiger partial charge in [-0.3, -0.25) is 8.42 Å².